The number of aliphatic hydroxyl groups is 1. The molecule has 0 bridgehead atoms. The van der Waals surface area contributed by atoms with Gasteiger partial charge in [-0.1, -0.05) is 47.1 Å². The number of aryl methyl sites for hydroxylation is 1. The van der Waals surface area contributed by atoms with Gasteiger partial charge in [0.2, 0.25) is 5.88 Å². The maximum Gasteiger partial charge on any atom is 0.270 e. The van der Waals surface area contributed by atoms with Crippen molar-refractivity contribution in [2.75, 3.05) is 20.2 Å². The number of pyridine rings is 1. The molecule has 5 rings (SSSR count). The average Bonchev–Trinajstić information content (AvgIpc) is 3.25. The van der Waals surface area contributed by atoms with E-state index >= 15 is 0 Å². The largest absolute Gasteiger partial charge is 0.481 e. The van der Waals surface area contributed by atoms with Crippen LogP contribution in [0.1, 0.15) is 34.9 Å². The van der Waals surface area contributed by atoms with Crippen LogP contribution in [0.5, 0.6) is 5.88 Å². The Morgan fingerprint density at radius 2 is 1.86 bits per heavy atom. The summed E-state index contributed by atoms with van der Waals surface area (Å²) in [5, 5.41) is 24.3. The van der Waals surface area contributed by atoms with E-state index in [1.54, 1.807) is 30.1 Å². The van der Waals surface area contributed by atoms with Crippen molar-refractivity contribution in [2.24, 2.45) is 13.0 Å². The second kappa shape index (κ2) is 9.06. The van der Waals surface area contributed by atoms with Crippen LogP contribution in [-0.4, -0.2) is 45.3 Å². The van der Waals surface area contributed by atoms with Gasteiger partial charge >= 0.3 is 0 Å². The summed E-state index contributed by atoms with van der Waals surface area (Å²) in [4.78, 5) is 4.64. The van der Waals surface area contributed by atoms with Crippen molar-refractivity contribution >= 4 is 22.5 Å². The first-order chi connectivity index (χ1) is 17.1. The van der Waals surface area contributed by atoms with E-state index in [1.165, 1.54) is 19.2 Å². The third-order valence-corrected chi connectivity index (χ3v) is 7.36. The van der Waals surface area contributed by atoms with Crippen molar-refractivity contribution < 1.29 is 18.6 Å². The molecular weight excluding hydrogens is 488 g/mol. The monoisotopic (exact) mass is 513 g/mol. The van der Waals surface area contributed by atoms with E-state index in [-0.39, 0.29) is 11.5 Å². The molecule has 0 saturated carbocycles. The molecule has 0 aliphatic carbocycles. The maximum atomic E-state index is 13.6. The number of alkyl halides is 2. The molecule has 4 aromatic rings. The molecule has 1 aliphatic rings. The highest BCUT2D eigenvalue weighted by atomic mass is 35.5. The van der Waals surface area contributed by atoms with Crippen molar-refractivity contribution in [2.45, 2.75) is 24.9 Å². The fraction of sp³-hybridized carbons (Fsp3) is 0.346. The molecular formula is C26H26ClF2N5O2. The summed E-state index contributed by atoms with van der Waals surface area (Å²) in [6, 6.07) is 11.6. The van der Waals surface area contributed by atoms with Crippen molar-refractivity contribution in [1.29, 1.82) is 0 Å². The minimum atomic E-state index is -2.91. The molecule has 3 heterocycles. The van der Waals surface area contributed by atoms with Gasteiger partial charge in [-0.05, 0) is 23.3 Å². The van der Waals surface area contributed by atoms with Gasteiger partial charge in [0, 0.05) is 55.9 Å². The molecule has 1 unspecified atom stereocenters. The van der Waals surface area contributed by atoms with Crippen LogP contribution in [0.25, 0.3) is 10.9 Å². The third kappa shape index (κ3) is 4.11. The predicted octanol–water partition coefficient (Wildman–Crippen LogP) is 4.18. The van der Waals surface area contributed by atoms with E-state index in [0.717, 1.165) is 12.5 Å². The van der Waals surface area contributed by atoms with E-state index in [4.69, 9.17) is 16.3 Å². The summed E-state index contributed by atoms with van der Waals surface area (Å²) in [5.74, 6) is -2.63. The van der Waals surface area contributed by atoms with Crippen LogP contribution in [0.4, 0.5) is 8.78 Å². The number of hydrogen-bond acceptors (Lipinski definition) is 6. The fourth-order valence-electron chi connectivity index (χ4n) is 4.73. The van der Waals surface area contributed by atoms with E-state index in [9.17, 15) is 13.9 Å². The first-order valence-electron chi connectivity index (χ1n) is 11.5. The summed E-state index contributed by atoms with van der Waals surface area (Å²) in [7, 11) is 3.26. The van der Waals surface area contributed by atoms with E-state index in [1.807, 2.05) is 18.2 Å². The van der Waals surface area contributed by atoms with Gasteiger partial charge in [0.15, 0.2) is 0 Å². The number of nitrogens with one attached hydrogen (secondary N) is 1. The van der Waals surface area contributed by atoms with Crippen LogP contribution in [0.15, 0.2) is 48.7 Å². The Balaban J connectivity index is 1.60. The molecule has 188 valence electrons. The summed E-state index contributed by atoms with van der Waals surface area (Å²) < 4.78 is 34.4. The van der Waals surface area contributed by atoms with Crippen molar-refractivity contribution in [3.8, 4) is 5.88 Å². The standard InChI is InChI=1S/C26H26ClF2N5O2/c1-25(28,29)16-6-4-15(5-7-16)10-20-23(27)19-11-17(8-9-21(19)32-24(20)36-3)26(35,18-12-30-13-18)22-14-31-33-34(22)2/h4-9,11,14,18,30,35H,10,12-13H2,1-3H3. The van der Waals surface area contributed by atoms with Crippen LogP contribution >= 0.6 is 11.6 Å². The maximum absolute atomic E-state index is 13.6. The van der Waals surface area contributed by atoms with Gasteiger partial charge in [-0.25, -0.2) is 18.4 Å². The highest BCUT2D eigenvalue weighted by Crippen LogP contribution is 2.41. The van der Waals surface area contributed by atoms with Crippen molar-refractivity contribution in [3.63, 3.8) is 0 Å². The van der Waals surface area contributed by atoms with Crippen LogP contribution in [0.3, 0.4) is 0 Å². The van der Waals surface area contributed by atoms with Crippen LogP contribution in [0, 0.1) is 5.92 Å². The van der Waals surface area contributed by atoms with Gasteiger partial charge in [-0.2, -0.15) is 0 Å². The number of fused-ring (bicyclic) bond motifs is 1. The lowest BCUT2D eigenvalue weighted by molar-refractivity contribution is -0.0140. The number of aromatic nitrogens is 4. The number of nitrogens with zero attached hydrogens (tertiary/aromatic N) is 4. The first kappa shape index (κ1) is 24.5. The summed E-state index contributed by atoms with van der Waals surface area (Å²) >= 11 is 6.92. The van der Waals surface area contributed by atoms with Crippen molar-refractivity contribution in [1.82, 2.24) is 25.3 Å². The van der Waals surface area contributed by atoms with Gasteiger partial charge in [0.05, 0.1) is 29.5 Å². The molecule has 2 aromatic heterocycles. The molecule has 1 fully saturated rings. The summed E-state index contributed by atoms with van der Waals surface area (Å²) in [6.07, 6.45) is 1.92. The lowest BCUT2D eigenvalue weighted by Crippen LogP contribution is -2.55. The molecule has 0 radical (unpaired) electrons. The van der Waals surface area contributed by atoms with Crippen molar-refractivity contribution in [3.05, 3.63) is 81.6 Å². The summed E-state index contributed by atoms with van der Waals surface area (Å²) in [5.41, 5.74) is 1.89. The number of rotatable bonds is 7. The first-order valence-corrected chi connectivity index (χ1v) is 11.9. The SMILES string of the molecule is COc1nc2ccc(C(O)(c3cnnn3C)C3CNC3)cc2c(Cl)c1Cc1ccc(C(C)(F)F)cc1. The van der Waals surface area contributed by atoms with Gasteiger partial charge in [-0.15, -0.1) is 5.10 Å². The molecule has 0 spiro atoms. The molecule has 2 aromatic carbocycles. The van der Waals surface area contributed by atoms with E-state index < -0.39 is 11.5 Å². The molecule has 36 heavy (non-hydrogen) atoms. The zero-order valence-corrected chi connectivity index (χ0v) is 20.9. The topological polar surface area (TPSA) is 85.1 Å². The van der Waals surface area contributed by atoms with Gasteiger partial charge < -0.3 is 15.2 Å². The second-order valence-electron chi connectivity index (χ2n) is 9.27. The number of ether oxygens (including phenoxy) is 1. The lowest BCUT2D eigenvalue weighted by Gasteiger charge is -2.42. The Kier molecular flexibility index (Phi) is 6.18. The van der Waals surface area contributed by atoms with E-state index in [0.29, 0.717) is 58.1 Å². The third-order valence-electron chi connectivity index (χ3n) is 6.93. The Hall–Kier alpha value is -3.14. The molecule has 1 atom stereocenters. The molecule has 10 heteroatoms. The number of benzene rings is 2. The van der Waals surface area contributed by atoms with E-state index in [2.05, 4.69) is 20.6 Å². The highest BCUT2D eigenvalue weighted by molar-refractivity contribution is 6.36. The highest BCUT2D eigenvalue weighted by Gasteiger charge is 2.45. The van der Waals surface area contributed by atoms with Crippen LogP contribution < -0.4 is 10.1 Å². The Morgan fingerprint density at radius 1 is 1.17 bits per heavy atom. The minimum Gasteiger partial charge on any atom is -0.481 e. The van der Waals surface area contributed by atoms with Crippen LogP contribution in [-0.2, 0) is 25.0 Å². The quantitative estimate of drug-likeness (QED) is 0.385. The molecule has 7 nitrogen and oxygen atoms in total. The normalized spacial score (nSPS) is 16.1. The predicted molar refractivity (Wildman–Crippen MR) is 132 cm³/mol. The molecule has 0 amide bonds. The molecule has 1 aliphatic heterocycles. The minimum absolute atomic E-state index is 0.0555. The number of hydrogen-bond donors (Lipinski definition) is 2. The second-order valence-corrected chi connectivity index (χ2v) is 9.65. The smallest absolute Gasteiger partial charge is 0.270 e. The summed E-state index contributed by atoms with van der Waals surface area (Å²) in [6.45, 7) is 2.16. The van der Waals surface area contributed by atoms with Gasteiger partial charge in [0.1, 0.15) is 5.60 Å². The Morgan fingerprint density at radius 3 is 2.42 bits per heavy atom. The Bertz CT molecular complexity index is 1420. The number of halogens is 3. The fourth-order valence-corrected chi connectivity index (χ4v) is 5.03. The van der Waals surface area contributed by atoms with Gasteiger partial charge in [0.25, 0.3) is 5.92 Å². The molecule has 1 saturated heterocycles. The zero-order valence-electron chi connectivity index (χ0n) is 20.1. The lowest BCUT2D eigenvalue weighted by atomic mass is 9.75. The van der Waals surface area contributed by atoms with Gasteiger partial charge in [-0.3, -0.25) is 0 Å². The Labute approximate surface area is 212 Å². The average molecular weight is 514 g/mol. The molecule has 2 N–H and O–H groups in total. The zero-order chi connectivity index (χ0) is 25.7. The number of methoxy groups -OCH3 is 1. The van der Waals surface area contributed by atoms with Crippen LogP contribution in [0.2, 0.25) is 5.02 Å².